The molecule has 4 aromatic carbocycles. The van der Waals surface area contributed by atoms with Crippen molar-refractivity contribution in [3.8, 4) is 23.0 Å². The second-order valence-electron chi connectivity index (χ2n) is 19.1. The zero-order valence-electron chi connectivity index (χ0n) is 44.6. The summed E-state index contributed by atoms with van der Waals surface area (Å²) in [6.45, 7) is 28.4. The fourth-order valence-electron chi connectivity index (χ4n) is 8.85. The van der Waals surface area contributed by atoms with E-state index in [1.165, 1.54) is 0 Å². The van der Waals surface area contributed by atoms with Gasteiger partial charge in [0.05, 0.1) is 0 Å². The van der Waals surface area contributed by atoms with E-state index < -0.39 is 55.7 Å². The fraction of sp³-hybridized carbons (Fsp3) is 0.323. The molecule has 0 saturated heterocycles. The van der Waals surface area contributed by atoms with Gasteiger partial charge in [-0.05, 0) is 144 Å². The first-order valence-electron chi connectivity index (χ1n) is 25.9. The number of rotatable bonds is 36. The minimum atomic E-state index is -1.60. The van der Waals surface area contributed by atoms with Gasteiger partial charge in [-0.3, -0.25) is 19.2 Å². The van der Waals surface area contributed by atoms with Crippen LogP contribution in [0.1, 0.15) is 92.4 Å². The Morgan fingerprint density at radius 3 is 0.623 bits per heavy atom. The zero-order valence-corrected chi connectivity index (χ0v) is 44.6. The van der Waals surface area contributed by atoms with Gasteiger partial charge < -0.3 is 39.4 Å². The van der Waals surface area contributed by atoms with Crippen LogP contribution in [0.4, 0.5) is 0 Å². The van der Waals surface area contributed by atoms with Crippen molar-refractivity contribution < 1.29 is 58.6 Å². The van der Waals surface area contributed by atoms with Crippen LogP contribution in [0.15, 0.2) is 150 Å². The summed E-state index contributed by atoms with van der Waals surface area (Å²) in [6, 6.07) is 14.4. The fourth-order valence-corrected chi connectivity index (χ4v) is 8.85. The second kappa shape index (κ2) is 31.7. The number of carbonyl (C=O) groups is 4. The second-order valence-corrected chi connectivity index (χ2v) is 19.1. The molecule has 0 saturated carbocycles. The van der Waals surface area contributed by atoms with Crippen molar-refractivity contribution in [3.63, 3.8) is 0 Å². The Morgan fingerprint density at radius 2 is 0.481 bits per heavy atom. The third-order valence-electron chi connectivity index (χ3n) is 12.9. The highest BCUT2D eigenvalue weighted by Crippen LogP contribution is 2.32. The lowest BCUT2D eigenvalue weighted by Gasteiger charge is -2.31. The molecule has 4 N–H and O–H groups in total. The average Bonchev–Trinajstić information content (AvgIpc) is 3.41. The van der Waals surface area contributed by atoms with Crippen molar-refractivity contribution in [2.24, 2.45) is 5.41 Å². The van der Waals surface area contributed by atoms with Crippen molar-refractivity contribution in [2.75, 3.05) is 26.4 Å². The monoisotopic (exact) mass is 1050 g/mol. The molecule has 0 spiro atoms. The quantitative estimate of drug-likeness (QED) is 0.0192. The summed E-state index contributed by atoms with van der Waals surface area (Å²) in [7, 11) is 0. The molecule has 0 aliphatic carbocycles. The summed E-state index contributed by atoms with van der Waals surface area (Å²) in [5.41, 5.74) is 6.62. The number of ether oxygens (including phenoxy) is 4. The number of phenolic OH excluding ortho intramolecular Hbond substituents is 4. The first-order chi connectivity index (χ1) is 37.1. The van der Waals surface area contributed by atoms with E-state index in [0.717, 1.165) is 22.3 Å². The van der Waals surface area contributed by atoms with Crippen LogP contribution in [0.2, 0.25) is 0 Å². The molecule has 0 atom stereocenters. The average molecular weight is 1050 g/mol. The van der Waals surface area contributed by atoms with E-state index in [2.05, 4.69) is 52.6 Å². The van der Waals surface area contributed by atoms with Gasteiger partial charge in [-0.2, -0.15) is 0 Å². The summed E-state index contributed by atoms with van der Waals surface area (Å²) in [5.74, 6) is -2.04. The summed E-state index contributed by atoms with van der Waals surface area (Å²) in [4.78, 5) is 55.0. The van der Waals surface area contributed by atoms with Gasteiger partial charge >= 0.3 is 23.9 Å². The molecule has 12 nitrogen and oxygen atoms in total. The molecule has 77 heavy (non-hydrogen) atoms. The molecule has 0 amide bonds. The van der Waals surface area contributed by atoms with E-state index in [9.17, 15) is 39.6 Å². The number of hydrogen-bond acceptors (Lipinski definition) is 12. The van der Waals surface area contributed by atoms with Crippen LogP contribution in [0.5, 0.6) is 23.0 Å². The third kappa shape index (κ3) is 19.2. The van der Waals surface area contributed by atoms with E-state index in [1.54, 1.807) is 97.1 Å². The van der Waals surface area contributed by atoms with Gasteiger partial charge in [-0.15, -0.1) is 52.6 Å². The van der Waals surface area contributed by atoms with Crippen LogP contribution in [0, 0.1) is 5.41 Å². The number of aryl methyl sites for hydroxylation is 4. The van der Waals surface area contributed by atoms with E-state index >= 15 is 0 Å². The van der Waals surface area contributed by atoms with Gasteiger partial charge in [0.2, 0.25) is 0 Å². The predicted octanol–water partition coefficient (Wildman–Crippen LogP) is 11.3. The number of esters is 4. The Hall–Kier alpha value is -8.12. The SMILES string of the molecule is C=CCc1cc(CCC(=O)OCC(COC(=O)CCc2cc(CC=C)c(O)c(CC=C)c2)(COC(=O)CCc2cc(CC=C)c(O)c(CC=C)c2)COC(=O)CCc2cc(CC=C)c(O)c(CC=C)c2)cc(CC=C)c1O. The van der Waals surface area contributed by atoms with Crippen molar-refractivity contribution >= 4 is 23.9 Å². The summed E-state index contributed by atoms with van der Waals surface area (Å²) < 4.78 is 23.7. The molecule has 0 heterocycles. The number of hydrogen-bond donors (Lipinski definition) is 4. The van der Waals surface area contributed by atoms with Crippen molar-refractivity contribution in [1.29, 1.82) is 0 Å². The Balaban J connectivity index is 1.66. The maximum atomic E-state index is 13.7. The summed E-state index contributed by atoms with van der Waals surface area (Å²) in [6.07, 6.45) is 17.1. The molecule has 0 bridgehead atoms. The minimum Gasteiger partial charge on any atom is -0.507 e. The van der Waals surface area contributed by atoms with Crippen LogP contribution < -0.4 is 0 Å². The summed E-state index contributed by atoms with van der Waals surface area (Å²) in [5, 5.41) is 43.4. The first kappa shape index (κ1) is 61.4. The maximum Gasteiger partial charge on any atom is 0.306 e. The van der Waals surface area contributed by atoms with E-state index in [0.29, 0.717) is 95.9 Å². The van der Waals surface area contributed by atoms with Crippen LogP contribution in [-0.4, -0.2) is 70.7 Å². The highest BCUT2D eigenvalue weighted by molar-refractivity contribution is 5.72. The van der Waals surface area contributed by atoms with Gasteiger partial charge in [-0.1, -0.05) is 97.1 Å². The normalized spacial score (nSPS) is 10.9. The first-order valence-corrected chi connectivity index (χ1v) is 25.9. The zero-order chi connectivity index (χ0) is 56.3. The smallest absolute Gasteiger partial charge is 0.306 e. The molecule has 0 aliphatic rings. The van der Waals surface area contributed by atoms with E-state index in [-0.39, 0.29) is 74.4 Å². The summed E-state index contributed by atoms with van der Waals surface area (Å²) >= 11 is 0. The number of aromatic hydroxyl groups is 4. The Kier molecular flexibility index (Phi) is 25.3. The molecule has 12 heteroatoms. The highest BCUT2D eigenvalue weighted by atomic mass is 16.6. The van der Waals surface area contributed by atoms with Gasteiger partial charge in [0, 0.05) is 25.7 Å². The number of carbonyl (C=O) groups excluding carboxylic acids is 4. The van der Waals surface area contributed by atoms with Crippen molar-refractivity contribution in [2.45, 2.75) is 103 Å². The number of phenols is 4. The van der Waals surface area contributed by atoms with E-state index in [1.807, 2.05) is 0 Å². The van der Waals surface area contributed by atoms with Crippen molar-refractivity contribution in [3.05, 3.63) is 217 Å². The standard InChI is InChI=1S/C65H76O12/c1-9-17-49-33-45(34-50(18-10-2)61(49)70)25-29-57(66)74-41-65(42-75-58(67)30-26-46-35-51(19-11-3)62(71)52(36-46)20-12-4,43-76-59(68)31-27-47-37-53(21-13-5)63(72)54(38-47)22-14-6)44-77-60(69)32-28-48-39-55(23-15-7)64(73)56(40-48)24-16-8/h9-16,33-40,70-73H,1-8,17-32,41-44H2. The molecule has 0 fully saturated rings. The maximum absolute atomic E-state index is 13.7. The molecule has 4 aromatic rings. The highest BCUT2D eigenvalue weighted by Gasteiger charge is 2.38. The molecule has 0 unspecified atom stereocenters. The topological polar surface area (TPSA) is 186 Å². The largest absolute Gasteiger partial charge is 0.507 e. The minimum absolute atomic E-state index is 0.0990. The predicted molar refractivity (Wildman–Crippen MR) is 303 cm³/mol. The number of allylic oxidation sites excluding steroid dienone is 8. The molecule has 0 radical (unpaired) electrons. The Labute approximate surface area is 454 Å². The Bertz CT molecular complexity index is 2290. The molecule has 408 valence electrons. The van der Waals surface area contributed by atoms with Crippen molar-refractivity contribution in [1.82, 2.24) is 0 Å². The lowest BCUT2D eigenvalue weighted by atomic mass is 9.91. The van der Waals surface area contributed by atoms with Gasteiger partial charge in [-0.25, -0.2) is 0 Å². The van der Waals surface area contributed by atoms with Gasteiger partial charge in [0.15, 0.2) is 0 Å². The van der Waals surface area contributed by atoms with Crippen LogP contribution >= 0.6 is 0 Å². The molecular weight excluding hydrogens is 973 g/mol. The lowest BCUT2D eigenvalue weighted by Crippen LogP contribution is -2.44. The molecule has 0 aromatic heterocycles. The van der Waals surface area contributed by atoms with Gasteiger partial charge in [0.25, 0.3) is 0 Å². The molecule has 4 rings (SSSR count). The molecular formula is C65H76O12. The van der Waals surface area contributed by atoms with E-state index in [4.69, 9.17) is 18.9 Å². The third-order valence-corrected chi connectivity index (χ3v) is 12.9. The van der Waals surface area contributed by atoms with Crippen LogP contribution in [-0.2, 0) is 115 Å². The van der Waals surface area contributed by atoms with Crippen LogP contribution in [0.25, 0.3) is 0 Å². The van der Waals surface area contributed by atoms with Gasteiger partial charge in [0.1, 0.15) is 54.8 Å². The Morgan fingerprint density at radius 1 is 0.325 bits per heavy atom. The lowest BCUT2D eigenvalue weighted by molar-refractivity contribution is -0.170. The molecule has 0 aliphatic heterocycles. The number of benzene rings is 4. The van der Waals surface area contributed by atoms with Crippen LogP contribution in [0.3, 0.4) is 0 Å².